The molecule has 1 aliphatic heterocycles. The van der Waals surface area contributed by atoms with Crippen LogP contribution in [0.15, 0.2) is 30.9 Å². The van der Waals surface area contributed by atoms with Crippen LogP contribution in [0.4, 0.5) is 19.0 Å². The van der Waals surface area contributed by atoms with Crippen molar-refractivity contribution >= 4 is 11.7 Å². The van der Waals surface area contributed by atoms with Gasteiger partial charge in [0, 0.05) is 32.4 Å². The lowest BCUT2D eigenvalue weighted by atomic mass is 10.0. The Morgan fingerprint density at radius 2 is 2.04 bits per heavy atom. The number of piperidine rings is 1. The standard InChI is InChI=1S/C16H18F3N5O/c1-23-10-20-9-13(23)15(25)22-11-4-7-24(8-5-11)14-12(16(17,18)19)3-2-6-21-14/h2-3,6,9-11H,4-5,7-8H2,1H3,(H,22,25). The van der Waals surface area contributed by atoms with E-state index < -0.39 is 11.7 Å². The van der Waals surface area contributed by atoms with Gasteiger partial charge in [0.25, 0.3) is 5.91 Å². The third-order valence-electron chi connectivity index (χ3n) is 4.27. The number of aryl methyl sites for hydroxylation is 1. The van der Waals surface area contributed by atoms with Gasteiger partial charge >= 0.3 is 6.18 Å². The van der Waals surface area contributed by atoms with E-state index in [1.165, 1.54) is 24.8 Å². The van der Waals surface area contributed by atoms with Crippen LogP contribution in [0.5, 0.6) is 0 Å². The topological polar surface area (TPSA) is 63.1 Å². The van der Waals surface area contributed by atoms with Crippen molar-refractivity contribution in [2.45, 2.75) is 25.1 Å². The van der Waals surface area contributed by atoms with Crippen LogP contribution in [-0.4, -0.2) is 39.6 Å². The van der Waals surface area contributed by atoms with Gasteiger partial charge in [-0.15, -0.1) is 0 Å². The Labute approximate surface area is 142 Å². The highest BCUT2D eigenvalue weighted by molar-refractivity contribution is 5.92. The number of anilines is 1. The van der Waals surface area contributed by atoms with Gasteiger partial charge in [-0.05, 0) is 25.0 Å². The summed E-state index contributed by atoms with van der Waals surface area (Å²) < 4.78 is 41.0. The van der Waals surface area contributed by atoms with Crippen molar-refractivity contribution < 1.29 is 18.0 Å². The summed E-state index contributed by atoms with van der Waals surface area (Å²) in [5, 5.41) is 2.91. The molecule has 6 nitrogen and oxygen atoms in total. The summed E-state index contributed by atoms with van der Waals surface area (Å²) in [4.78, 5) is 21.6. The molecule has 0 aromatic carbocycles. The Hall–Kier alpha value is -2.58. The van der Waals surface area contributed by atoms with Gasteiger partial charge in [0.05, 0.1) is 18.1 Å². The summed E-state index contributed by atoms with van der Waals surface area (Å²) >= 11 is 0. The monoisotopic (exact) mass is 353 g/mol. The molecule has 134 valence electrons. The fraction of sp³-hybridized carbons (Fsp3) is 0.438. The Morgan fingerprint density at radius 1 is 1.32 bits per heavy atom. The van der Waals surface area contributed by atoms with Gasteiger partial charge in [-0.1, -0.05) is 0 Å². The highest BCUT2D eigenvalue weighted by atomic mass is 19.4. The van der Waals surface area contributed by atoms with Gasteiger partial charge in [0.15, 0.2) is 0 Å². The zero-order valence-corrected chi connectivity index (χ0v) is 13.6. The van der Waals surface area contributed by atoms with E-state index in [1.807, 2.05) is 0 Å². The quantitative estimate of drug-likeness (QED) is 0.919. The van der Waals surface area contributed by atoms with Gasteiger partial charge in [-0.25, -0.2) is 9.97 Å². The molecule has 0 radical (unpaired) electrons. The Balaban J connectivity index is 1.63. The van der Waals surface area contributed by atoms with Crippen LogP contribution in [0.3, 0.4) is 0 Å². The smallest absolute Gasteiger partial charge is 0.356 e. The number of aromatic nitrogens is 3. The van der Waals surface area contributed by atoms with Crippen molar-refractivity contribution in [3.63, 3.8) is 0 Å². The average molecular weight is 353 g/mol. The second-order valence-corrected chi connectivity index (χ2v) is 6.00. The predicted molar refractivity (Wildman–Crippen MR) is 85.1 cm³/mol. The van der Waals surface area contributed by atoms with Crippen LogP contribution >= 0.6 is 0 Å². The number of hydrogen-bond donors (Lipinski definition) is 1. The fourth-order valence-electron chi connectivity index (χ4n) is 2.94. The zero-order valence-electron chi connectivity index (χ0n) is 13.6. The minimum Gasteiger partial charge on any atom is -0.356 e. The maximum Gasteiger partial charge on any atom is 0.419 e. The molecule has 2 aromatic rings. The van der Waals surface area contributed by atoms with Gasteiger partial charge in [0.1, 0.15) is 11.5 Å². The van der Waals surface area contributed by atoms with Crippen molar-refractivity contribution in [3.8, 4) is 0 Å². The molecular formula is C16H18F3N5O. The molecule has 2 aromatic heterocycles. The molecule has 0 spiro atoms. The molecule has 3 heterocycles. The molecular weight excluding hydrogens is 335 g/mol. The first kappa shape index (κ1) is 17.2. The molecule has 0 atom stereocenters. The molecule has 0 unspecified atom stereocenters. The molecule has 0 bridgehead atoms. The normalized spacial score (nSPS) is 16.1. The van der Waals surface area contributed by atoms with Crippen LogP contribution < -0.4 is 10.2 Å². The third-order valence-corrected chi connectivity index (χ3v) is 4.27. The lowest BCUT2D eigenvalue weighted by Crippen LogP contribution is -2.45. The zero-order chi connectivity index (χ0) is 18.0. The summed E-state index contributed by atoms with van der Waals surface area (Å²) in [5.41, 5.74) is -0.279. The first-order valence-corrected chi connectivity index (χ1v) is 7.90. The number of carbonyl (C=O) groups is 1. The first-order chi connectivity index (χ1) is 11.9. The predicted octanol–water partition coefficient (Wildman–Crippen LogP) is 2.23. The van der Waals surface area contributed by atoms with Crippen molar-refractivity contribution in [1.29, 1.82) is 0 Å². The summed E-state index contributed by atoms with van der Waals surface area (Å²) in [6.45, 7) is 0.798. The average Bonchev–Trinajstić information content (AvgIpc) is 3.01. The van der Waals surface area contributed by atoms with Crippen molar-refractivity contribution in [2.24, 2.45) is 7.05 Å². The number of imidazole rings is 1. The number of halogens is 3. The van der Waals surface area contributed by atoms with E-state index in [0.717, 1.165) is 6.07 Å². The van der Waals surface area contributed by atoms with Crippen LogP contribution in [0.1, 0.15) is 28.9 Å². The maximum absolute atomic E-state index is 13.1. The Bertz CT molecular complexity index is 750. The number of rotatable bonds is 3. The minimum atomic E-state index is -4.44. The van der Waals surface area contributed by atoms with E-state index in [2.05, 4.69) is 15.3 Å². The number of carbonyl (C=O) groups excluding carboxylic acids is 1. The number of nitrogens with zero attached hydrogens (tertiary/aromatic N) is 4. The lowest BCUT2D eigenvalue weighted by molar-refractivity contribution is -0.137. The minimum absolute atomic E-state index is 0.0496. The molecule has 9 heteroatoms. The molecule has 0 aliphatic carbocycles. The van der Waals surface area contributed by atoms with Crippen LogP contribution in [0.2, 0.25) is 0 Å². The van der Waals surface area contributed by atoms with Crippen LogP contribution in [-0.2, 0) is 13.2 Å². The number of pyridine rings is 1. The number of nitrogens with one attached hydrogen (secondary N) is 1. The number of amides is 1. The highest BCUT2D eigenvalue weighted by Gasteiger charge is 2.36. The van der Waals surface area contributed by atoms with Gasteiger partial charge in [0.2, 0.25) is 0 Å². The second kappa shape index (κ2) is 6.73. The van der Waals surface area contributed by atoms with E-state index >= 15 is 0 Å². The van der Waals surface area contributed by atoms with E-state index in [-0.39, 0.29) is 17.8 Å². The van der Waals surface area contributed by atoms with Crippen LogP contribution in [0, 0.1) is 0 Å². The van der Waals surface area contributed by atoms with E-state index in [1.54, 1.807) is 16.5 Å². The Kier molecular flexibility index (Phi) is 4.65. The largest absolute Gasteiger partial charge is 0.419 e. The van der Waals surface area contributed by atoms with Crippen molar-refractivity contribution in [3.05, 3.63) is 42.1 Å². The van der Waals surface area contributed by atoms with Crippen molar-refractivity contribution in [1.82, 2.24) is 19.9 Å². The van der Waals surface area contributed by atoms with Crippen LogP contribution in [0.25, 0.3) is 0 Å². The lowest BCUT2D eigenvalue weighted by Gasteiger charge is -2.34. The molecule has 3 rings (SSSR count). The van der Waals surface area contributed by atoms with Gasteiger partial charge in [-0.2, -0.15) is 13.2 Å². The molecule has 25 heavy (non-hydrogen) atoms. The number of hydrogen-bond acceptors (Lipinski definition) is 4. The summed E-state index contributed by atoms with van der Waals surface area (Å²) in [7, 11) is 1.73. The first-order valence-electron chi connectivity index (χ1n) is 7.90. The number of alkyl halides is 3. The molecule has 1 N–H and O–H groups in total. The molecule has 0 saturated carbocycles. The third kappa shape index (κ3) is 3.75. The summed E-state index contributed by atoms with van der Waals surface area (Å²) in [6, 6.07) is 2.24. The van der Waals surface area contributed by atoms with Gasteiger partial charge in [-0.3, -0.25) is 4.79 Å². The highest BCUT2D eigenvalue weighted by Crippen LogP contribution is 2.35. The summed E-state index contributed by atoms with van der Waals surface area (Å²) in [5.74, 6) is -0.279. The molecule has 1 fully saturated rings. The van der Waals surface area contributed by atoms with Gasteiger partial charge < -0.3 is 14.8 Å². The van der Waals surface area contributed by atoms with E-state index in [4.69, 9.17) is 0 Å². The molecule has 1 saturated heterocycles. The van der Waals surface area contributed by atoms with E-state index in [9.17, 15) is 18.0 Å². The fourth-order valence-corrected chi connectivity index (χ4v) is 2.94. The summed E-state index contributed by atoms with van der Waals surface area (Å²) in [6.07, 6.45) is 1.05. The SMILES string of the molecule is Cn1cncc1C(=O)NC1CCN(c2ncccc2C(F)(F)F)CC1. The Morgan fingerprint density at radius 3 is 2.64 bits per heavy atom. The van der Waals surface area contributed by atoms with Crippen molar-refractivity contribution in [2.75, 3.05) is 18.0 Å². The maximum atomic E-state index is 13.1. The second-order valence-electron chi connectivity index (χ2n) is 6.00. The molecule has 1 aliphatic rings. The van der Waals surface area contributed by atoms with E-state index in [0.29, 0.717) is 31.6 Å². The molecule has 1 amide bonds.